The van der Waals surface area contributed by atoms with Crippen LogP contribution < -0.4 is 0 Å². The Hall–Kier alpha value is -1.98. The molecule has 0 saturated carbocycles. The van der Waals surface area contributed by atoms with E-state index in [-0.39, 0.29) is 11.5 Å². The molecule has 0 aliphatic rings. The maximum Gasteiger partial charge on any atom is 0.304 e. The van der Waals surface area contributed by atoms with Crippen LogP contribution in [0.3, 0.4) is 0 Å². The van der Waals surface area contributed by atoms with E-state index < -0.39 is 16.4 Å². The molecule has 1 amide bonds. The Balaban J connectivity index is 2.87. The number of nitro groups is 1. The second-order valence-electron chi connectivity index (χ2n) is 4.00. The molecule has 1 aromatic carbocycles. The molecule has 0 aliphatic heterocycles. The highest BCUT2D eigenvalue weighted by atomic mass is 19.1. The van der Waals surface area contributed by atoms with Crippen molar-refractivity contribution in [3.8, 4) is 0 Å². The largest absolute Gasteiger partial charge is 0.342 e. The maximum absolute atomic E-state index is 13.4. The molecule has 0 N–H and O–H groups in total. The lowest BCUT2D eigenvalue weighted by Gasteiger charge is -2.16. The molecular formula is C12H15FN2O3. The highest BCUT2D eigenvalue weighted by molar-refractivity contribution is 5.94. The highest BCUT2D eigenvalue weighted by Crippen LogP contribution is 2.18. The number of rotatable bonds is 5. The molecule has 0 bridgehead atoms. The summed E-state index contributed by atoms with van der Waals surface area (Å²) >= 11 is 0. The first-order valence-corrected chi connectivity index (χ1v) is 5.66. The molecular weight excluding hydrogens is 239 g/mol. The van der Waals surface area contributed by atoms with E-state index in [9.17, 15) is 19.3 Å². The lowest BCUT2D eigenvalue weighted by molar-refractivity contribution is -0.387. The van der Waals surface area contributed by atoms with Crippen molar-refractivity contribution < 1.29 is 14.1 Å². The van der Waals surface area contributed by atoms with Gasteiger partial charge in [0.05, 0.1) is 4.92 Å². The number of amides is 1. The fraction of sp³-hybridized carbons (Fsp3) is 0.417. The molecule has 6 heteroatoms. The number of carbonyl (C=O) groups is 1. The van der Waals surface area contributed by atoms with Crippen LogP contribution in [-0.2, 0) is 0 Å². The summed E-state index contributed by atoms with van der Waals surface area (Å²) in [5.41, 5.74) is -0.500. The molecule has 0 spiro atoms. The molecule has 0 saturated heterocycles. The Morgan fingerprint density at radius 3 is 2.67 bits per heavy atom. The fourth-order valence-corrected chi connectivity index (χ4v) is 1.51. The third kappa shape index (κ3) is 3.26. The summed E-state index contributed by atoms with van der Waals surface area (Å²) in [5, 5.41) is 10.4. The van der Waals surface area contributed by atoms with Gasteiger partial charge in [0, 0.05) is 25.2 Å². The van der Waals surface area contributed by atoms with Crippen molar-refractivity contribution in [3.63, 3.8) is 0 Å². The van der Waals surface area contributed by atoms with Gasteiger partial charge in [-0.15, -0.1) is 0 Å². The number of nitrogens with zero attached hydrogens (tertiary/aromatic N) is 2. The van der Waals surface area contributed by atoms with E-state index in [1.807, 2.05) is 6.92 Å². The van der Waals surface area contributed by atoms with Gasteiger partial charge in [0.15, 0.2) is 0 Å². The SMILES string of the molecule is CCCCN(C)C(=O)c1ccc([N+](=O)[O-])c(F)c1. The smallest absolute Gasteiger partial charge is 0.304 e. The summed E-state index contributed by atoms with van der Waals surface area (Å²) < 4.78 is 13.4. The highest BCUT2D eigenvalue weighted by Gasteiger charge is 2.18. The maximum atomic E-state index is 13.4. The number of carbonyl (C=O) groups excluding carboxylic acids is 1. The van der Waals surface area contributed by atoms with Crippen molar-refractivity contribution in [2.75, 3.05) is 13.6 Å². The van der Waals surface area contributed by atoms with Crippen molar-refractivity contribution in [1.29, 1.82) is 0 Å². The molecule has 18 heavy (non-hydrogen) atoms. The van der Waals surface area contributed by atoms with Gasteiger partial charge in [0.2, 0.25) is 5.82 Å². The van der Waals surface area contributed by atoms with Gasteiger partial charge in [-0.3, -0.25) is 14.9 Å². The third-order valence-electron chi connectivity index (χ3n) is 2.59. The zero-order valence-corrected chi connectivity index (χ0v) is 10.4. The van der Waals surface area contributed by atoms with E-state index in [0.29, 0.717) is 6.54 Å². The monoisotopic (exact) mass is 254 g/mol. The van der Waals surface area contributed by atoms with Gasteiger partial charge in [-0.05, 0) is 18.6 Å². The van der Waals surface area contributed by atoms with Crippen molar-refractivity contribution >= 4 is 11.6 Å². The minimum atomic E-state index is -0.991. The minimum Gasteiger partial charge on any atom is -0.342 e. The number of benzene rings is 1. The predicted molar refractivity (Wildman–Crippen MR) is 64.9 cm³/mol. The van der Waals surface area contributed by atoms with Gasteiger partial charge in [-0.1, -0.05) is 13.3 Å². The van der Waals surface area contributed by atoms with Gasteiger partial charge < -0.3 is 4.90 Å². The van der Waals surface area contributed by atoms with Crippen LogP contribution in [0.25, 0.3) is 0 Å². The van der Waals surface area contributed by atoms with E-state index in [0.717, 1.165) is 25.0 Å². The van der Waals surface area contributed by atoms with Gasteiger partial charge in [-0.25, -0.2) is 0 Å². The average molecular weight is 254 g/mol. The van der Waals surface area contributed by atoms with Crippen LogP contribution in [0.4, 0.5) is 10.1 Å². The van der Waals surface area contributed by atoms with Crippen LogP contribution in [0.5, 0.6) is 0 Å². The molecule has 1 aromatic rings. The molecule has 98 valence electrons. The molecule has 0 aliphatic carbocycles. The lowest BCUT2D eigenvalue weighted by Crippen LogP contribution is -2.27. The van der Waals surface area contributed by atoms with E-state index in [1.54, 1.807) is 7.05 Å². The summed E-state index contributed by atoms with van der Waals surface area (Å²) in [6.45, 7) is 2.58. The molecule has 0 atom stereocenters. The normalized spacial score (nSPS) is 10.2. The summed E-state index contributed by atoms with van der Waals surface area (Å²) in [6, 6.07) is 3.19. The van der Waals surface area contributed by atoms with Crippen molar-refractivity contribution in [3.05, 3.63) is 39.7 Å². The number of hydrogen-bond acceptors (Lipinski definition) is 3. The first-order chi connectivity index (χ1) is 8.47. The van der Waals surface area contributed by atoms with Gasteiger partial charge in [-0.2, -0.15) is 4.39 Å². The second kappa shape index (κ2) is 6.09. The lowest BCUT2D eigenvalue weighted by atomic mass is 10.1. The van der Waals surface area contributed by atoms with E-state index in [1.165, 1.54) is 11.0 Å². The summed E-state index contributed by atoms with van der Waals surface area (Å²) in [6.07, 6.45) is 1.81. The zero-order chi connectivity index (χ0) is 13.7. The predicted octanol–water partition coefficient (Wildman–Crippen LogP) is 2.61. The Bertz CT molecular complexity index is 463. The third-order valence-corrected chi connectivity index (χ3v) is 2.59. The topological polar surface area (TPSA) is 63.5 Å². The molecule has 0 unspecified atom stereocenters. The minimum absolute atomic E-state index is 0.122. The van der Waals surface area contributed by atoms with Crippen LogP contribution in [0.1, 0.15) is 30.1 Å². The summed E-state index contributed by atoms with van der Waals surface area (Å²) in [5.74, 6) is -1.33. The number of hydrogen-bond donors (Lipinski definition) is 0. The zero-order valence-electron chi connectivity index (χ0n) is 10.4. The molecule has 5 nitrogen and oxygen atoms in total. The molecule has 1 rings (SSSR count). The summed E-state index contributed by atoms with van der Waals surface area (Å²) in [4.78, 5) is 23.0. The Morgan fingerprint density at radius 2 is 2.17 bits per heavy atom. The molecule has 0 aromatic heterocycles. The van der Waals surface area contributed by atoms with E-state index >= 15 is 0 Å². The van der Waals surface area contributed by atoms with Crippen molar-refractivity contribution in [2.24, 2.45) is 0 Å². The van der Waals surface area contributed by atoms with E-state index in [2.05, 4.69) is 0 Å². The number of unbranched alkanes of at least 4 members (excludes halogenated alkanes) is 1. The Kier molecular flexibility index (Phi) is 4.76. The quantitative estimate of drug-likeness (QED) is 0.599. The second-order valence-corrected chi connectivity index (χ2v) is 4.00. The average Bonchev–Trinajstić information content (AvgIpc) is 2.34. The van der Waals surface area contributed by atoms with Crippen molar-refractivity contribution in [2.45, 2.75) is 19.8 Å². The van der Waals surface area contributed by atoms with Gasteiger partial charge in [0.1, 0.15) is 0 Å². The number of nitro benzene ring substituents is 1. The van der Waals surface area contributed by atoms with Crippen LogP contribution >= 0.6 is 0 Å². The van der Waals surface area contributed by atoms with Crippen LogP contribution in [-0.4, -0.2) is 29.3 Å². The fourth-order valence-electron chi connectivity index (χ4n) is 1.51. The standard InChI is InChI=1S/C12H15FN2O3/c1-3-4-7-14(2)12(16)9-5-6-11(15(17)18)10(13)8-9/h5-6,8H,3-4,7H2,1-2H3. The molecule has 0 fully saturated rings. The van der Waals surface area contributed by atoms with Gasteiger partial charge in [0.25, 0.3) is 5.91 Å². The summed E-state index contributed by atoms with van der Waals surface area (Å²) in [7, 11) is 1.62. The van der Waals surface area contributed by atoms with E-state index in [4.69, 9.17) is 0 Å². The number of halogens is 1. The van der Waals surface area contributed by atoms with Crippen LogP contribution in [0.2, 0.25) is 0 Å². The molecule has 0 radical (unpaired) electrons. The van der Waals surface area contributed by atoms with Gasteiger partial charge >= 0.3 is 5.69 Å². The van der Waals surface area contributed by atoms with Crippen molar-refractivity contribution in [1.82, 2.24) is 4.90 Å². The first-order valence-electron chi connectivity index (χ1n) is 5.66. The Morgan fingerprint density at radius 1 is 1.50 bits per heavy atom. The van der Waals surface area contributed by atoms with Crippen LogP contribution in [0.15, 0.2) is 18.2 Å². The Labute approximate surface area is 104 Å². The molecule has 0 heterocycles. The first kappa shape index (κ1) is 14.1. The van der Waals surface area contributed by atoms with Crippen LogP contribution in [0, 0.1) is 15.9 Å².